The summed E-state index contributed by atoms with van der Waals surface area (Å²) in [5.74, 6) is 1.36. The molecule has 0 amide bonds. The number of rotatable bonds is 7. The molecule has 0 unspecified atom stereocenters. The topological polar surface area (TPSA) is 59.1 Å². The first-order valence-corrected chi connectivity index (χ1v) is 6.73. The third kappa shape index (κ3) is 4.20. The van der Waals surface area contributed by atoms with E-state index in [0.29, 0.717) is 19.1 Å². The molecule has 0 aliphatic carbocycles. The van der Waals surface area contributed by atoms with Crippen LogP contribution in [0.2, 0.25) is 0 Å². The number of aryl methyl sites for hydroxylation is 1. The lowest BCUT2D eigenvalue weighted by molar-refractivity contribution is 0.210. The van der Waals surface area contributed by atoms with Crippen LogP contribution in [0, 0.1) is 0 Å². The van der Waals surface area contributed by atoms with Crippen molar-refractivity contribution < 1.29 is 4.74 Å². The summed E-state index contributed by atoms with van der Waals surface area (Å²) in [4.78, 5) is 8.56. The first-order chi connectivity index (χ1) is 9.81. The molecule has 106 valence electrons. The predicted molar refractivity (Wildman–Crippen MR) is 81.5 cm³/mol. The Morgan fingerprint density at radius 3 is 2.65 bits per heavy atom. The number of nitrogens with zero attached hydrogens (tertiary/aromatic N) is 2. The van der Waals surface area contributed by atoms with Gasteiger partial charge in [0.15, 0.2) is 0 Å². The molecule has 0 saturated heterocycles. The van der Waals surface area contributed by atoms with E-state index < -0.39 is 0 Å². The summed E-state index contributed by atoms with van der Waals surface area (Å²) in [6, 6.07) is 10.2. The van der Waals surface area contributed by atoms with Crippen LogP contribution in [0.3, 0.4) is 0 Å². The Kier molecular flexibility index (Phi) is 5.32. The van der Waals surface area contributed by atoms with Crippen LogP contribution in [0.1, 0.15) is 12.5 Å². The fraction of sp³-hybridized carbons (Fsp3) is 0.333. The Morgan fingerprint density at radius 1 is 1.15 bits per heavy atom. The summed E-state index contributed by atoms with van der Waals surface area (Å²) >= 11 is 0. The van der Waals surface area contributed by atoms with E-state index in [4.69, 9.17) is 4.74 Å². The number of hydrogen-bond acceptors (Lipinski definition) is 5. The highest BCUT2D eigenvalue weighted by Crippen LogP contribution is 2.16. The molecule has 0 aliphatic heterocycles. The molecule has 20 heavy (non-hydrogen) atoms. The molecule has 0 fully saturated rings. The molecule has 2 aromatic rings. The predicted octanol–water partition coefficient (Wildman–Crippen LogP) is 2.84. The fourth-order valence-corrected chi connectivity index (χ4v) is 1.75. The van der Waals surface area contributed by atoms with Crippen molar-refractivity contribution in [2.45, 2.75) is 13.3 Å². The van der Waals surface area contributed by atoms with Gasteiger partial charge in [-0.15, -0.1) is 0 Å². The van der Waals surface area contributed by atoms with E-state index in [2.05, 4.69) is 51.8 Å². The van der Waals surface area contributed by atoms with Gasteiger partial charge in [0, 0.05) is 25.5 Å². The molecule has 2 rings (SSSR count). The van der Waals surface area contributed by atoms with Crippen LogP contribution in [0.5, 0.6) is 0 Å². The monoisotopic (exact) mass is 272 g/mol. The van der Waals surface area contributed by atoms with Gasteiger partial charge in [-0.1, -0.05) is 19.1 Å². The second-order valence-corrected chi connectivity index (χ2v) is 4.36. The van der Waals surface area contributed by atoms with Gasteiger partial charge in [0.05, 0.1) is 6.61 Å². The number of ether oxygens (including phenoxy) is 1. The Bertz CT molecular complexity index is 528. The third-order valence-electron chi connectivity index (χ3n) is 2.88. The molecule has 0 atom stereocenters. The summed E-state index contributed by atoms with van der Waals surface area (Å²) in [7, 11) is 1.67. The highest BCUT2D eigenvalue weighted by molar-refractivity contribution is 5.57. The highest BCUT2D eigenvalue weighted by Gasteiger charge is 1.99. The van der Waals surface area contributed by atoms with E-state index >= 15 is 0 Å². The van der Waals surface area contributed by atoms with Crippen molar-refractivity contribution in [3.8, 4) is 0 Å². The zero-order valence-electron chi connectivity index (χ0n) is 11.9. The minimum atomic E-state index is 0.595. The van der Waals surface area contributed by atoms with Gasteiger partial charge >= 0.3 is 0 Å². The molecule has 5 nitrogen and oxygen atoms in total. The Labute approximate surface area is 119 Å². The van der Waals surface area contributed by atoms with E-state index in [1.807, 2.05) is 6.07 Å². The largest absolute Gasteiger partial charge is 0.383 e. The molecule has 0 bridgehead atoms. The average Bonchev–Trinajstić information content (AvgIpc) is 2.49. The molecule has 0 spiro atoms. The van der Waals surface area contributed by atoms with Crippen LogP contribution >= 0.6 is 0 Å². The van der Waals surface area contributed by atoms with E-state index in [1.165, 1.54) is 5.56 Å². The van der Waals surface area contributed by atoms with Crippen LogP contribution < -0.4 is 10.6 Å². The lowest BCUT2D eigenvalue weighted by Gasteiger charge is -2.08. The zero-order valence-corrected chi connectivity index (χ0v) is 11.9. The summed E-state index contributed by atoms with van der Waals surface area (Å²) in [5.41, 5.74) is 2.34. The smallest absolute Gasteiger partial charge is 0.224 e. The number of methoxy groups -OCH3 is 1. The Morgan fingerprint density at radius 2 is 1.95 bits per heavy atom. The lowest BCUT2D eigenvalue weighted by atomic mass is 10.1. The second-order valence-electron chi connectivity index (χ2n) is 4.36. The van der Waals surface area contributed by atoms with Crippen molar-refractivity contribution in [3.05, 3.63) is 42.1 Å². The van der Waals surface area contributed by atoms with Crippen LogP contribution in [-0.4, -0.2) is 30.2 Å². The van der Waals surface area contributed by atoms with Gasteiger partial charge in [-0.3, -0.25) is 0 Å². The van der Waals surface area contributed by atoms with Crippen molar-refractivity contribution in [1.29, 1.82) is 0 Å². The summed E-state index contributed by atoms with van der Waals surface area (Å²) < 4.78 is 4.98. The minimum Gasteiger partial charge on any atom is -0.383 e. The number of anilines is 3. The quantitative estimate of drug-likeness (QED) is 0.759. The van der Waals surface area contributed by atoms with Crippen LogP contribution in [0.25, 0.3) is 0 Å². The molecule has 0 radical (unpaired) electrons. The van der Waals surface area contributed by atoms with E-state index in [1.54, 1.807) is 13.3 Å². The molecule has 1 aromatic carbocycles. The van der Waals surface area contributed by atoms with Crippen molar-refractivity contribution in [2.24, 2.45) is 0 Å². The maximum Gasteiger partial charge on any atom is 0.224 e. The standard InChI is InChI=1S/C15H20N4O/c1-3-12-4-6-13(7-5-12)18-14-8-9-16-15(19-14)17-10-11-20-2/h4-9H,3,10-11H2,1-2H3,(H2,16,17,18,19). The number of aromatic nitrogens is 2. The molecule has 0 saturated carbocycles. The summed E-state index contributed by atoms with van der Waals surface area (Å²) in [5, 5.41) is 6.37. The molecular formula is C15H20N4O. The van der Waals surface area contributed by atoms with Crippen LogP contribution in [0.15, 0.2) is 36.5 Å². The average molecular weight is 272 g/mol. The maximum absolute atomic E-state index is 4.98. The Hall–Kier alpha value is -2.14. The maximum atomic E-state index is 4.98. The number of hydrogen-bond donors (Lipinski definition) is 2. The molecular weight excluding hydrogens is 252 g/mol. The SMILES string of the molecule is CCc1ccc(Nc2ccnc(NCCOC)n2)cc1. The van der Waals surface area contributed by atoms with Crippen molar-refractivity contribution >= 4 is 17.5 Å². The zero-order chi connectivity index (χ0) is 14.2. The molecule has 1 heterocycles. The first kappa shape index (κ1) is 14.3. The minimum absolute atomic E-state index is 0.595. The molecule has 5 heteroatoms. The highest BCUT2D eigenvalue weighted by atomic mass is 16.5. The van der Waals surface area contributed by atoms with Gasteiger partial charge in [-0.2, -0.15) is 4.98 Å². The van der Waals surface area contributed by atoms with Gasteiger partial charge < -0.3 is 15.4 Å². The Balaban J connectivity index is 1.99. The number of nitrogens with one attached hydrogen (secondary N) is 2. The second kappa shape index (κ2) is 7.45. The van der Waals surface area contributed by atoms with Gasteiger partial charge in [-0.25, -0.2) is 4.98 Å². The molecule has 0 aliphatic rings. The molecule has 1 aromatic heterocycles. The molecule has 2 N–H and O–H groups in total. The summed E-state index contributed by atoms with van der Waals surface area (Å²) in [6.45, 7) is 3.45. The van der Waals surface area contributed by atoms with Crippen molar-refractivity contribution in [3.63, 3.8) is 0 Å². The van der Waals surface area contributed by atoms with Crippen molar-refractivity contribution in [1.82, 2.24) is 9.97 Å². The van der Waals surface area contributed by atoms with Crippen LogP contribution in [-0.2, 0) is 11.2 Å². The van der Waals surface area contributed by atoms with Crippen molar-refractivity contribution in [2.75, 3.05) is 30.9 Å². The normalized spacial score (nSPS) is 10.3. The fourth-order valence-electron chi connectivity index (χ4n) is 1.75. The van der Waals surface area contributed by atoms with Gasteiger partial charge in [0.25, 0.3) is 0 Å². The van der Waals surface area contributed by atoms with Gasteiger partial charge in [-0.05, 0) is 30.2 Å². The van der Waals surface area contributed by atoms with Gasteiger partial charge in [0.1, 0.15) is 5.82 Å². The number of benzene rings is 1. The lowest BCUT2D eigenvalue weighted by Crippen LogP contribution is -2.10. The third-order valence-corrected chi connectivity index (χ3v) is 2.88. The van der Waals surface area contributed by atoms with E-state index in [9.17, 15) is 0 Å². The van der Waals surface area contributed by atoms with Crippen LogP contribution in [0.4, 0.5) is 17.5 Å². The van der Waals surface area contributed by atoms with Gasteiger partial charge in [0.2, 0.25) is 5.95 Å². The van der Waals surface area contributed by atoms with E-state index in [-0.39, 0.29) is 0 Å². The summed E-state index contributed by atoms with van der Waals surface area (Å²) in [6.07, 6.45) is 2.77. The first-order valence-electron chi connectivity index (χ1n) is 6.73. The van der Waals surface area contributed by atoms with E-state index in [0.717, 1.165) is 17.9 Å².